The summed E-state index contributed by atoms with van der Waals surface area (Å²) < 4.78 is 12.4. The van der Waals surface area contributed by atoms with E-state index in [1.165, 1.54) is 0 Å². The summed E-state index contributed by atoms with van der Waals surface area (Å²) in [6, 6.07) is 9.66. The van der Waals surface area contributed by atoms with Crippen LogP contribution < -0.4 is 10.1 Å². The van der Waals surface area contributed by atoms with Gasteiger partial charge >= 0.3 is 0 Å². The predicted octanol–water partition coefficient (Wildman–Crippen LogP) is 1.51. The Labute approximate surface area is 145 Å². The fourth-order valence-corrected chi connectivity index (χ4v) is 2.89. The summed E-state index contributed by atoms with van der Waals surface area (Å²) in [7, 11) is 3.72. The molecule has 1 N–H and O–H groups in total. The Bertz CT molecular complexity index is 841. The van der Waals surface area contributed by atoms with Gasteiger partial charge in [0.25, 0.3) is 5.89 Å². The van der Waals surface area contributed by atoms with Crippen LogP contribution in [0.4, 0.5) is 0 Å². The largest absolute Gasteiger partial charge is 0.497 e. The van der Waals surface area contributed by atoms with Crippen LogP contribution in [0.5, 0.6) is 5.75 Å². The molecule has 0 spiro atoms. The molecule has 3 aromatic rings. The van der Waals surface area contributed by atoms with Gasteiger partial charge in [0.2, 0.25) is 0 Å². The van der Waals surface area contributed by atoms with Crippen molar-refractivity contribution in [2.45, 2.75) is 6.04 Å². The minimum absolute atomic E-state index is 0.120. The van der Waals surface area contributed by atoms with E-state index in [-0.39, 0.29) is 6.04 Å². The molecule has 0 amide bonds. The van der Waals surface area contributed by atoms with Gasteiger partial charge in [-0.15, -0.1) is 0 Å². The smallest absolute Gasteiger partial charge is 0.278 e. The molecule has 8 nitrogen and oxygen atoms in total. The van der Waals surface area contributed by atoms with Crippen molar-refractivity contribution >= 4 is 0 Å². The molecule has 1 atom stereocenters. The van der Waals surface area contributed by atoms with Crippen LogP contribution in [0.2, 0.25) is 0 Å². The zero-order valence-corrected chi connectivity index (χ0v) is 14.2. The fraction of sp³-hybridized carbons (Fsp3) is 0.353. The summed E-state index contributed by atoms with van der Waals surface area (Å²) in [5, 5.41) is 12.0. The highest BCUT2D eigenvalue weighted by Crippen LogP contribution is 2.22. The number of aromatic nitrogens is 4. The molecule has 130 valence electrons. The second kappa shape index (κ2) is 6.66. The molecule has 1 saturated heterocycles. The van der Waals surface area contributed by atoms with E-state index in [9.17, 15) is 0 Å². The normalized spacial score (nSPS) is 18.4. The number of benzene rings is 1. The molecule has 0 saturated carbocycles. The van der Waals surface area contributed by atoms with E-state index >= 15 is 0 Å². The van der Waals surface area contributed by atoms with Gasteiger partial charge in [0.05, 0.1) is 18.8 Å². The molecule has 1 unspecified atom stereocenters. The minimum Gasteiger partial charge on any atom is -0.497 e. The van der Waals surface area contributed by atoms with E-state index in [2.05, 4.69) is 32.5 Å². The molecule has 4 rings (SSSR count). The van der Waals surface area contributed by atoms with Crippen molar-refractivity contribution in [2.75, 3.05) is 33.8 Å². The summed E-state index contributed by atoms with van der Waals surface area (Å²) >= 11 is 0. The monoisotopic (exact) mass is 340 g/mol. The molecule has 8 heteroatoms. The Morgan fingerprint density at radius 1 is 1.24 bits per heavy atom. The van der Waals surface area contributed by atoms with Crippen molar-refractivity contribution < 1.29 is 9.26 Å². The van der Waals surface area contributed by atoms with Crippen LogP contribution in [-0.2, 0) is 0 Å². The van der Waals surface area contributed by atoms with Crippen LogP contribution in [0, 0.1) is 0 Å². The molecular formula is C17H20N6O2. The van der Waals surface area contributed by atoms with Gasteiger partial charge in [0.15, 0.2) is 11.5 Å². The standard InChI is InChI=1S/C17H20N6O2/c1-22-10-8-18-11-15(22)16-19-17(25-21-16)14-7-9-23(20-14)12-3-5-13(24-2)6-4-12/h3-7,9,15,18H,8,10-11H2,1-2H3. The number of hydrogen-bond donors (Lipinski definition) is 1. The average Bonchev–Trinajstić information content (AvgIpc) is 3.32. The van der Waals surface area contributed by atoms with Crippen LogP contribution in [0.3, 0.4) is 0 Å². The molecule has 1 fully saturated rings. The number of nitrogens with one attached hydrogen (secondary N) is 1. The fourth-order valence-electron chi connectivity index (χ4n) is 2.89. The van der Waals surface area contributed by atoms with Gasteiger partial charge < -0.3 is 14.6 Å². The lowest BCUT2D eigenvalue weighted by molar-refractivity contribution is 0.190. The number of ether oxygens (including phenoxy) is 1. The molecular weight excluding hydrogens is 320 g/mol. The second-order valence-electron chi connectivity index (χ2n) is 6.00. The Kier molecular flexibility index (Phi) is 4.21. The summed E-state index contributed by atoms with van der Waals surface area (Å²) in [6.07, 6.45) is 1.87. The minimum atomic E-state index is 0.120. The van der Waals surface area contributed by atoms with Crippen molar-refractivity contribution in [3.8, 4) is 23.0 Å². The molecule has 1 aliphatic rings. The quantitative estimate of drug-likeness (QED) is 0.771. The number of hydrogen-bond acceptors (Lipinski definition) is 7. The first-order valence-corrected chi connectivity index (χ1v) is 8.19. The summed E-state index contributed by atoms with van der Waals surface area (Å²) in [5.41, 5.74) is 1.59. The van der Waals surface area contributed by atoms with Gasteiger partial charge in [0, 0.05) is 25.8 Å². The highest BCUT2D eigenvalue weighted by atomic mass is 16.5. The van der Waals surface area contributed by atoms with Gasteiger partial charge in [-0.2, -0.15) is 10.1 Å². The number of rotatable bonds is 4. The van der Waals surface area contributed by atoms with E-state index in [1.54, 1.807) is 11.8 Å². The van der Waals surface area contributed by atoms with Crippen molar-refractivity contribution in [1.29, 1.82) is 0 Å². The van der Waals surface area contributed by atoms with Gasteiger partial charge in [-0.05, 0) is 37.4 Å². The molecule has 0 radical (unpaired) electrons. The Balaban J connectivity index is 1.55. The zero-order valence-electron chi connectivity index (χ0n) is 14.2. The SMILES string of the molecule is COc1ccc(-n2ccc(-c3nc(C4CNCCN4C)no3)n2)cc1. The van der Waals surface area contributed by atoms with Crippen LogP contribution in [0.1, 0.15) is 11.9 Å². The third-order valence-corrected chi connectivity index (χ3v) is 4.40. The number of likely N-dealkylation sites (N-methyl/N-ethyl adjacent to an activating group) is 1. The summed E-state index contributed by atoms with van der Waals surface area (Å²) in [4.78, 5) is 6.76. The van der Waals surface area contributed by atoms with Crippen LogP contribution >= 0.6 is 0 Å². The zero-order chi connectivity index (χ0) is 17.2. The lowest BCUT2D eigenvalue weighted by Crippen LogP contribution is -2.44. The molecule has 2 aromatic heterocycles. The van der Waals surface area contributed by atoms with Crippen molar-refractivity contribution in [2.24, 2.45) is 0 Å². The Morgan fingerprint density at radius 2 is 2.08 bits per heavy atom. The van der Waals surface area contributed by atoms with E-state index in [0.717, 1.165) is 31.1 Å². The topological polar surface area (TPSA) is 81.2 Å². The molecule has 1 aromatic carbocycles. The highest BCUT2D eigenvalue weighted by molar-refractivity contribution is 5.47. The van der Waals surface area contributed by atoms with Gasteiger partial charge in [0.1, 0.15) is 5.75 Å². The maximum atomic E-state index is 5.43. The van der Waals surface area contributed by atoms with Crippen molar-refractivity contribution in [3.63, 3.8) is 0 Å². The van der Waals surface area contributed by atoms with E-state index in [0.29, 0.717) is 17.4 Å². The first kappa shape index (κ1) is 15.8. The Hall–Kier alpha value is -2.71. The van der Waals surface area contributed by atoms with Gasteiger partial charge in [-0.1, -0.05) is 5.16 Å². The van der Waals surface area contributed by atoms with Gasteiger partial charge in [-0.25, -0.2) is 4.68 Å². The van der Waals surface area contributed by atoms with E-state index in [4.69, 9.17) is 9.26 Å². The lowest BCUT2D eigenvalue weighted by Gasteiger charge is -2.30. The first-order valence-electron chi connectivity index (χ1n) is 8.19. The number of methoxy groups -OCH3 is 1. The third kappa shape index (κ3) is 3.13. The van der Waals surface area contributed by atoms with Crippen LogP contribution in [-0.4, -0.2) is 58.6 Å². The van der Waals surface area contributed by atoms with E-state index in [1.807, 2.05) is 36.5 Å². The maximum Gasteiger partial charge on any atom is 0.278 e. The molecule has 1 aliphatic heterocycles. The van der Waals surface area contributed by atoms with Crippen molar-refractivity contribution in [3.05, 3.63) is 42.4 Å². The lowest BCUT2D eigenvalue weighted by atomic mass is 10.2. The summed E-state index contributed by atoms with van der Waals surface area (Å²) in [5.74, 6) is 1.92. The van der Waals surface area contributed by atoms with Crippen molar-refractivity contribution in [1.82, 2.24) is 30.1 Å². The number of nitrogens with zero attached hydrogens (tertiary/aromatic N) is 5. The van der Waals surface area contributed by atoms with E-state index < -0.39 is 0 Å². The number of piperazine rings is 1. The third-order valence-electron chi connectivity index (χ3n) is 4.40. The molecule has 0 aliphatic carbocycles. The summed E-state index contributed by atoms with van der Waals surface area (Å²) in [6.45, 7) is 2.75. The maximum absolute atomic E-state index is 5.43. The predicted molar refractivity (Wildman–Crippen MR) is 91.6 cm³/mol. The average molecular weight is 340 g/mol. The molecule has 25 heavy (non-hydrogen) atoms. The Morgan fingerprint density at radius 3 is 2.84 bits per heavy atom. The van der Waals surface area contributed by atoms with Crippen LogP contribution in [0.15, 0.2) is 41.1 Å². The second-order valence-corrected chi connectivity index (χ2v) is 6.00. The highest BCUT2D eigenvalue weighted by Gasteiger charge is 2.26. The molecule has 3 heterocycles. The van der Waals surface area contributed by atoms with Crippen LogP contribution in [0.25, 0.3) is 17.3 Å². The molecule has 0 bridgehead atoms. The first-order chi connectivity index (χ1) is 12.2. The van der Waals surface area contributed by atoms with Gasteiger partial charge in [-0.3, -0.25) is 4.90 Å².